The van der Waals surface area contributed by atoms with E-state index < -0.39 is 11.9 Å². The standard InChI is InChI=1S/C27H23ClN6O3/c1-14-8-9-20-21(12-14)37-27(31-20)34-26-30-15(2)23(24(33-26)18-6-4-5-7-19(18)28)25(36)32-22-13-17(16(3)35)10-11-29-22/h4-13,24H,1-3H3,(H,29,32,36)(H2,30,31,33,34). The minimum Gasteiger partial charge on any atom is -0.423 e. The predicted molar refractivity (Wildman–Crippen MR) is 143 cm³/mol. The number of nitrogens with one attached hydrogen (secondary N) is 3. The maximum absolute atomic E-state index is 13.5. The van der Waals surface area contributed by atoms with Crippen molar-refractivity contribution < 1.29 is 14.0 Å². The van der Waals surface area contributed by atoms with E-state index >= 15 is 0 Å². The highest BCUT2D eigenvalue weighted by molar-refractivity contribution is 6.31. The maximum atomic E-state index is 13.5. The van der Waals surface area contributed by atoms with Crippen LogP contribution in [0.15, 0.2) is 81.5 Å². The molecule has 1 aliphatic rings. The summed E-state index contributed by atoms with van der Waals surface area (Å²) in [6.07, 6.45) is 1.47. The van der Waals surface area contributed by atoms with E-state index in [1.165, 1.54) is 19.2 Å². The number of halogens is 1. The summed E-state index contributed by atoms with van der Waals surface area (Å²) in [6, 6.07) is 15.6. The molecule has 9 nitrogen and oxygen atoms in total. The number of anilines is 2. The van der Waals surface area contributed by atoms with Gasteiger partial charge in [-0.3, -0.25) is 14.9 Å². The van der Waals surface area contributed by atoms with Gasteiger partial charge in [0.2, 0.25) is 5.96 Å². The number of pyridine rings is 1. The second kappa shape index (κ2) is 9.87. The molecule has 2 aromatic heterocycles. The normalized spacial score (nSPS) is 15.2. The van der Waals surface area contributed by atoms with Gasteiger partial charge >= 0.3 is 6.01 Å². The molecule has 0 saturated carbocycles. The lowest BCUT2D eigenvalue weighted by Gasteiger charge is -2.26. The Morgan fingerprint density at radius 3 is 2.68 bits per heavy atom. The Bertz CT molecular complexity index is 1610. The third-order valence-electron chi connectivity index (χ3n) is 5.86. The van der Waals surface area contributed by atoms with Crippen LogP contribution in [0.1, 0.15) is 41.4 Å². The van der Waals surface area contributed by atoms with Crippen LogP contribution in [0.4, 0.5) is 11.8 Å². The lowest BCUT2D eigenvalue weighted by molar-refractivity contribution is -0.113. The van der Waals surface area contributed by atoms with E-state index in [0.29, 0.717) is 44.5 Å². The summed E-state index contributed by atoms with van der Waals surface area (Å²) >= 11 is 6.52. The summed E-state index contributed by atoms with van der Waals surface area (Å²) in [6.45, 7) is 5.19. The van der Waals surface area contributed by atoms with Gasteiger partial charge in [0.25, 0.3) is 5.91 Å². The number of nitrogens with zero attached hydrogens (tertiary/aromatic N) is 3. The minimum atomic E-state index is -0.736. The van der Waals surface area contributed by atoms with Crippen molar-refractivity contribution in [3.05, 3.63) is 93.8 Å². The van der Waals surface area contributed by atoms with Crippen LogP contribution in [0.25, 0.3) is 11.1 Å². The highest BCUT2D eigenvalue weighted by Crippen LogP contribution is 2.35. The molecule has 0 fully saturated rings. The van der Waals surface area contributed by atoms with Gasteiger partial charge in [-0.15, -0.1) is 0 Å². The fourth-order valence-electron chi connectivity index (χ4n) is 4.04. The molecule has 0 bridgehead atoms. The molecule has 1 atom stereocenters. The molecular weight excluding hydrogens is 492 g/mol. The number of rotatable bonds is 5. The number of allylic oxidation sites excluding steroid dienone is 1. The van der Waals surface area contributed by atoms with E-state index in [1.807, 2.05) is 43.3 Å². The van der Waals surface area contributed by atoms with E-state index in [-0.39, 0.29) is 17.6 Å². The monoisotopic (exact) mass is 514 g/mol. The number of oxazole rings is 1. The van der Waals surface area contributed by atoms with Gasteiger partial charge in [0.1, 0.15) is 17.4 Å². The zero-order chi connectivity index (χ0) is 26.1. The van der Waals surface area contributed by atoms with Crippen LogP contribution in [0, 0.1) is 6.92 Å². The van der Waals surface area contributed by atoms with E-state index in [9.17, 15) is 9.59 Å². The molecule has 0 spiro atoms. The molecule has 1 unspecified atom stereocenters. The van der Waals surface area contributed by atoms with E-state index in [0.717, 1.165) is 5.56 Å². The zero-order valence-corrected chi connectivity index (χ0v) is 21.1. The molecule has 37 heavy (non-hydrogen) atoms. The first-order valence-corrected chi connectivity index (χ1v) is 11.9. The van der Waals surface area contributed by atoms with Gasteiger partial charge in [-0.25, -0.2) is 9.98 Å². The first kappa shape index (κ1) is 24.2. The molecule has 3 heterocycles. The number of aromatic nitrogens is 2. The molecule has 5 rings (SSSR count). The molecular formula is C27H23ClN6O3. The molecule has 0 radical (unpaired) electrons. The topological polar surface area (TPSA) is 122 Å². The molecule has 3 N–H and O–H groups in total. The SMILES string of the molecule is CC(=O)c1ccnc(NC(=O)C2=C(C)NC(Nc3nc4ccc(C)cc4o3)=NC2c2ccccc2Cl)c1. The number of aryl methyl sites for hydroxylation is 1. The van der Waals surface area contributed by atoms with E-state index in [4.69, 9.17) is 21.0 Å². The van der Waals surface area contributed by atoms with Gasteiger partial charge in [-0.05, 0) is 56.7 Å². The number of benzene rings is 2. The zero-order valence-electron chi connectivity index (χ0n) is 20.3. The molecule has 0 aliphatic carbocycles. The van der Waals surface area contributed by atoms with Crippen molar-refractivity contribution in [3.8, 4) is 0 Å². The number of ketones is 1. The Labute approximate surface area is 217 Å². The summed E-state index contributed by atoms with van der Waals surface area (Å²) in [5.41, 5.74) is 4.40. The smallest absolute Gasteiger partial charge is 0.302 e. The number of carbonyl (C=O) groups is 2. The van der Waals surface area contributed by atoms with E-state index in [2.05, 4.69) is 25.9 Å². The van der Waals surface area contributed by atoms with Gasteiger partial charge in [0.05, 0.1) is 5.57 Å². The lowest BCUT2D eigenvalue weighted by Crippen LogP contribution is -2.37. The van der Waals surface area contributed by atoms with Crippen molar-refractivity contribution in [2.75, 3.05) is 10.6 Å². The second-order valence-electron chi connectivity index (χ2n) is 8.62. The summed E-state index contributed by atoms with van der Waals surface area (Å²) in [4.78, 5) is 38.6. The van der Waals surface area contributed by atoms with Crippen LogP contribution in [-0.2, 0) is 4.79 Å². The van der Waals surface area contributed by atoms with Crippen molar-refractivity contribution in [3.63, 3.8) is 0 Å². The van der Waals surface area contributed by atoms with Crippen molar-refractivity contribution in [1.29, 1.82) is 0 Å². The van der Waals surface area contributed by atoms with Crippen molar-refractivity contribution >= 4 is 52.2 Å². The minimum absolute atomic E-state index is 0.128. The molecule has 1 aliphatic heterocycles. The fourth-order valence-corrected chi connectivity index (χ4v) is 4.28. The first-order chi connectivity index (χ1) is 17.8. The maximum Gasteiger partial charge on any atom is 0.302 e. The Kier molecular flexibility index (Phi) is 6.45. The van der Waals surface area contributed by atoms with E-state index in [1.54, 1.807) is 19.1 Å². The average molecular weight is 515 g/mol. The van der Waals surface area contributed by atoms with Crippen molar-refractivity contribution in [2.24, 2.45) is 4.99 Å². The predicted octanol–water partition coefficient (Wildman–Crippen LogP) is 5.41. The third kappa shape index (κ3) is 5.07. The lowest BCUT2D eigenvalue weighted by atomic mass is 9.95. The van der Waals surface area contributed by atoms with Crippen LogP contribution in [-0.4, -0.2) is 27.6 Å². The number of amides is 1. The highest BCUT2D eigenvalue weighted by Gasteiger charge is 2.31. The molecule has 1 amide bonds. The van der Waals surface area contributed by atoms with Crippen LogP contribution < -0.4 is 16.0 Å². The Morgan fingerprint density at radius 1 is 1.08 bits per heavy atom. The Morgan fingerprint density at radius 2 is 1.89 bits per heavy atom. The van der Waals surface area contributed by atoms with Gasteiger partial charge < -0.3 is 15.1 Å². The van der Waals surface area contributed by atoms with Gasteiger partial charge in [-0.2, -0.15) is 4.98 Å². The van der Waals surface area contributed by atoms with Crippen LogP contribution in [0.5, 0.6) is 0 Å². The number of Topliss-reactive ketones (excluding diaryl/α,β-unsaturated/α-hetero) is 1. The second-order valence-corrected chi connectivity index (χ2v) is 9.03. The Hall–Kier alpha value is -4.50. The molecule has 4 aromatic rings. The third-order valence-corrected chi connectivity index (χ3v) is 6.21. The fraction of sp³-hybridized carbons (Fsp3) is 0.148. The number of fused-ring (bicyclic) bond motifs is 1. The molecule has 186 valence electrons. The van der Waals surface area contributed by atoms with Gasteiger partial charge in [0, 0.05) is 28.0 Å². The van der Waals surface area contributed by atoms with Gasteiger partial charge in [-0.1, -0.05) is 35.9 Å². The van der Waals surface area contributed by atoms with Crippen LogP contribution >= 0.6 is 11.6 Å². The summed E-state index contributed by atoms with van der Waals surface area (Å²) in [7, 11) is 0. The van der Waals surface area contributed by atoms with Crippen LogP contribution in [0.2, 0.25) is 5.02 Å². The number of hydrogen-bond acceptors (Lipinski definition) is 8. The molecule has 2 aromatic carbocycles. The number of hydrogen-bond donors (Lipinski definition) is 3. The summed E-state index contributed by atoms with van der Waals surface area (Å²) in [5.74, 6) is 0.0454. The quantitative estimate of drug-likeness (QED) is 0.304. The Balaban J connectivity index is 1.48. The van der Waals surface area contributed by atoms with Crippen molar-refractivity contribution in [1.82, 2.24) is 15.3 Å². The number of carbonyl (C=O) groups excluding carboxylic acids is 2. The van der Waals surface area contributed by atoms with Crippen LogP contribution in [0.3, 0.4) is 0 Å². The number of guanidine groups is 1. The largest absolute Gasteiger partial charge is 0.423 e. The van der Waals surface area contributed by atoms with Crippen molar-refractivity contribution in [2.45, 2.75) is 26.8 Å². The number of aliphatic imine (C=N–C) groups is 1. The highest BCUT2D eigenvalue weighted by atomic mass is 35.5. The average Bonchev–Trinajstić information content (AvgIpc) is 3.25. The molecule has 10 heteroatoms. The van der Waals surface area contributed by atoms with Gasteiger partial charge in [0.15, 0.2) is 11.4 Å². The summed E-state index contributed by atoms with van der Waals surface area (Å²) < 4.78 is 5.84. The first-order valence-electron chi connectivity index (χ1n) is 11.5. The summed E-state index contributed by atoms with van der Waals surface area (Å²) in [5, 5.41) is 9.44. The molecule has 0 saturated heterocycles.